The predicted octanol–water partition coefficient (Wildman–Crippen LogP) is 0.531. The van der Waals surface area contributed by atoms with Gasteiger partial charge in [-0.2, -0.15) is 0 Å². The van der Waals surface area contributed by atoms with Gasteiger partial charge in [0.05, 0.1) is 25.9 Å². The number of aliphatic hydroxyl groups excluding tert-OH is 1. The van der Waals surface area contributed by atoms with Crippen LogP contribution in [-0.4, -0.2) is 48.5 Å². The Morgan fingerprint density at radius 1 is 1.47 bits per heavy atom. The lowest BCUT2D eigenvalue weighted by Gasteiger charge is -2.36. The van der Waals surface area contributed by atoms with Gasteiger partial charge in [-0.15, -0.1) is 0 Å². The second kappa shape index (κ2) is 5.86. The molecule has 0 amide bonds. The fraction of sp³-hybridized carbons (Fsp3) is 0.643. The van der Waals surface area contributed by atoms with E-state index in [1.165, 1.54) is 18.4 Å². The van der Waals surface area contributed by atoms with Crippen molar-refractivity contribution in [2.45, 2.75) is 31.5 Å². The minimum absolute atomic E-state index is 0.0170. The summed E-state index contributed by atoms with van der Waals surface area (Å²) in [6.07, 6.45) is 4.39. The van der Waals surface area contributed by atoms with Crippen LogP contribution < -0.4 is 10.2 Å². The highest BCUT2D eigenvalue weighted by atomic mass is 16.5. The first-order valence-corrected chi connectivity index (χ1v) is 7.01. The van der Waals surface area contributed by atoms with E-state index in [0.717, 1.165) is 18.9 Å². The van der Waals surface area contributed by atoms with E-state index in [1.807, 2.05) is 12.3 Å². The zero-order valence-electron chi connectivity index (χ0n) is 11.1. The van der Waals surface area contributed by atoms with Crippen molar-refractivity contribution in [3.05, 3.63) is 23.9 Å². The van der Waals surface area contributed by atoms with Crippen LogP contribution in [0.2, 0.25) is 0 Å². The zero-order chi connectivity index (χ0) is 13.1. The van der Waals surface area contributed by atoms with Crippen LogP contribution in [-0.2, 0) is 11.3 Å². The Hall–Kier alpha value is -1.17. The fourth-order valence-electron chi connectivity index (χ4n) is 2.45. The second-order valence-corrected chi connectivity index (χ2v) is 5.25. The smallest absolute Gasteiger partial charge is 0.133 e. The molecule has 1 unspecified atom stereocenters. The maximum absolute atomic E-state index is 9.48. The first-order chi connectivity index (χ1) is 9.38. The Kier molecular flexibility index (Phi) is 3.96. The fourth-order valence-corrected chi connectivity index (χ4v) is 2.45. The summed E-state index contributed by atoms with van der Waals surface area (Å²) in [5.74, 6) is 0.984. The average molecular weight is 263 g/mol. The highest BCUT2D eigenvalue weighted by Gasteiger charge is 2.26. The molecule has 1 aliphatic heterocycles. The maximum atomic E-state index is 9.48. The van der Waals surface area contributed by atoms with Crippen LogP contribution >= 0.6 is 0 Å². The summed E-state index contributed by atoms with van der Waals surface area (Å²) in [5, 5.41) is 13.0. The molecule has 0 spiro atoms. The molecule has 0 aromatic carbocycles. The molecule has 1 aromatic rings. The van der Waals surface area contributed by atoms with Gasteiger partial charge in [-0.1, -0.05) is 6.07 Å². The largest absolute Gasteiger partial charge is 0.394 e. The summed E-state index contributed by atoms with van der Waals surface area (Å²) in [4.78, 5) is 6.69. The van der Waals surface area contributed by atoms with Crippen molar-refractivity contribution in [2.75, 3.05) is 31.3 Å². The molecule has 2 heterocycles. The summed E-state index contributed by atoms with van der Waals surface area (Å²) < 4.78 is 5.43. The van der Waals surface area contributed by atoms with E-state index in [0.29, 0.717) is 19.3 Å². The number of aliphatic hydroxyl groups is 1. The van der Waals surface area contributed by atoms with Gasteiger partial charge in [0.25, 0.3) is 0 Å². The first kappa shape index (κ1) is 12.8. The Morgan fingerprint density at radius 3 is 3.16 bits per heavy atom. The SMILES string of the molecule is OCC1COCCN1c1ncccc1CNC1CC1. The number of ether oxygens (including phenoxy) is 1. The molecular formula is C14H21N3O2. The molecule has 2 fully saturated rings. The summed E-state index contributed by atoms with van der Waals surface area (Å²) in [7, 11) is 0. The molecule has 1 atom stereocenters. The van der Waals surface area contributed by atoms with Crippen LogP contribution in [0.3, 0.4) is 0 Å². The van der Waals surface area contributed by atoms with Gasteiger partial charge in [-0.05, 0) is 18.9 Å². The molecule has 0 radical (unpaired) electrons. The molecule has 3 rings (SSSR count). The van der Waals surface area contributed by atoms with E-state index in [2.05, 4.69) is 21.3 Å². The highest BCUT2D eigenvalue weighted by Crippen LogP contribution is 2.24. The molecule has 5 nitrogen and oxygen atoms in total. The minimum Gasteiger partial charge on any atom is -0.394 e. The van der Waals surface area contributed by atoms with Crippen LogP contribution in [0.4, 0.5) is 5.82 Å². The van der Waals surface area contributed by atoms with Crippen LogP contribution in [0.5, 0.6) is 0 Å². The van der Waals surface area contributed by atoms with E-state index in [9.17, 15) is 5.11 Å². The van der Waals surface area contributed by atoms with Crippen molar-refractivity contribution in [1.29, 1.82) is 0 Å². The number of morpholine rings is 1. The van der Waals surface area contributed by atoms with Crippen molar-refractivity contribution in [3.63, 3.8) is 0 Å². The van der Waals surface area contributed by atoms with Crippen molar-refractivity contribution in [2.24, 2.45) is 0 Å². The van der Waals surface area contributed by atoms with Gasteiger partial charge in [-0.25, -0.2) is 4.98 Å². The summed E-state index contributed by atoms with van der Waals surface area (Å²) >= 11 is 0. The van der Waals surface area contributed by atoms with Crippen LogP contribution in [0.15, 0.2) is 18.3 Å². The molecule has 0 bridgehead atoms. The maximum Gasteiger partial charge on any atom is 0.133 e. The number of pyridine rings is 1. The third-order valence-electron chi connectivity index (χ3n) is 3.74. The summed E-state index contributed by atoms with van der Waals surface area (Å²) in [6.45, 7) is 3.01. The predicted molar refractivity (Wildman–Crippen MR) is 73.1 cm³/mol. The average Bonchev–Trinajstić information content (AvgIpc) is 3.29. The Balaban J connectivity index is 1.76. The second-order valence-electron chi connectivity index (χ2n) is 5.25. The molecule has 5 heteroatoms. The Morgan fingerprint density at radius 2 is 2.37 bits per heavy atom. The van der Waals surface area contributed by atoms with Gasteiger partial charge in [0.1, 0.15) is 5.82 Å². The van der Waals surface area contributed by atoms with Gasteiger partial charge < -0.3 is 20.1 Å². The highest BCUT2D eigenvalue weighted by molar-refractivity contribution is 5.48. The van der Waals surface area contributed by atoms with Crippen molar-refractivity contribution >= 4 is 5.82 Å². The number of hydrogen-bond donors (Lipinski definition) is 2. The van der Waals surface area contributed by atoms with Crippen molar-refractivity contribution < 1.29 is 9.84 Å². The Bertz CT molecular complexity index is 423. The third kappa shape index (κ3) is 3.05. The summed E-state index contributed by atoms with van der Waals surface area (Å²) in [5.41, 5.74) is 1.20. The molecule has 19 heavy (non-hydrogen) atoms. The van der Waals surface area contributed by atoms with E-state index in [1.54, 1.807) is 0 Å². The topological polar surface area (TPSA) is 57.6 Å². The Labute approximate surface area is 113 Å². The van der Waals surface area contributed by atoms with Gasteiger partial charge >= 0.3 is 0 Å². The number of anilines is 1. The lowest BCUT2D eigenvalue weighted by atomic mass is 10.1. The van der Waals surface area contributed by atoms with Gasteiger partial charge in [0.2, 0.25) is 0 Å². The number of aromatic nitrogens is 1. The number of rotatable bonds is 5. The first-order valence-electron chi connectivity index (χ1n) is 7.01. The van der Waals surface area contributed by atoms with Crippen LogP contribution in [0.1, 0.15) is 18.4 Å². The van der Waals surface area contributed by atoms with Gasteiger partial charge in [0.15, 0.2) is 0 Å². The molecule has 1 saturated heterocycles. The van der Waals surface area contributed by atoms with E-state index in [-0.39, 0.29) is 12.6 Å². The van der Waals surface area contributed by atoms with Gasteiger partial charge in [-0.3, -0.25) is 0 Å². The molecule has 2 aliphatic rings. The quantitative estimate of drug-likeness (QED) is 0.811. The lowest BCUT2D eigenvalue weighted by Crippen LogP contribution is -2.48. The lowest BCUT2D eigenvalue weighted by molar-refractivity contribution is 0.0722. The number of hydrogen-bond acceptors (Lipinski definition) is 5. The van der Waals surface area contributed by atoms with Gasteiger partial charge in [0, 0.05) is 30.9 Å². The summed E-state index contributed by atoms with van der Waals surface area (Å²) in [6, 6.07) is 4.79. The van der Waals surface area contributed by atoms with E-state index in [4.69, 9.17) is 4.74 Å². The van der Waals surface area contributed by atoms with Crippen LogP contribution in [0.25, 0.3) is 0 Å². The normalized spacial score (nSPS) is 23.6. The molecular weight excluding hydrogens is 242 g/mol. The number of nitrogens with one attached hydrogen (secondary N) is 1. The molecule has 2 N–H and O–H groups in total. The standard InChI is InChI=1S/C14H21N3O2/c18-9-13-10-19-7-6-17(13)14-11(2-1-5-15-14)8-16-12-3-4-12/h1-2,5,12-13,16,18H,3-4,6-10H2. The number of nitrogens with zero attached hydrogens (tertiary/aromatic N) is 2. The molecule has 1 saturated carbocycles. The minimum atomic E-state index is 0.0170. The van der Waals surface area contributed by atoms with Crippen LogP contribution in [0, 0.1) is 0 Å². The third-order valence-corrected chi connectivity index (χ3v) is 3.74. The van der Waals surface area contributed by atoms with Crippen molar-refractivity contribution in [1.82, 2.24) is 10.3 Å². The molecule has 1 aromatic heterocycles. The zero-order valence-corrected chi connectivity index (χ0v) is 11.1. The molecule has 1 aliphatic carbocycles. The monoisotopic (exact) mass is 263 g/mol. The van der Waals surface area contributed by atoms with Crippen molar-refractivity contribution in [3.8, 4) is 0 Å². The molecule has 104 valence electrons. The van der Waals surface area contributed by atoms with E-state index >= 15 is 0 Å². The van der Waals surface area contributed by atoms with E-state index < -0.39 is 0 Å².